The van der Waals surface area contributed by atoms with Gasteiger partial charge in [0, 0.05) is 41.6 Å². The minimum Gasteiger partial charge on any atom is -0.501 e. The molecular weight excluding hydrogens is 379 g/mol. The van der Waals surface area contributed by atoms with Crippen molar-refractivity contribution < 1.29 is 13.9 Å². The van der Waals surface area contributed by atoms with Crippen molar-refractivity contribution in [3.63, 3.8) is 0 Å². The van der Waals surface area contributed by atoms with Crippen LogP contribution in [0.15, 0.2) is 59.2 Å². The van der Waals surface area contributed by atoms with Crippen LogP contribution in [0, 0.1) is 5.41 Å². The molecule has 0 aromatic heterocycles. The molecule has 0 radical (unpaired) electrons. The Hall–Kier alpha value is -2.14. The number of hydrogen-bond acceptors (Lipinski definition) is 3. The van der Waals surface area contributed by atoms with Crippen molar-refractivity contribution in [2.24, 2.45) is 5.41 Å². The Morgan fingerprint density at radius 3 is 2.73 bits per heavy atom. The molecule has 5 heteroatoms. The fraction of sp³-hybridized carbons (Fsp3) is 0.560. The van der Waals surface area contributed by atoms with E-state index in [1.807, 2.05) is 6.92 Å². The van der Waals surface area contributed by atoms with Gasteiger partial charge in [0.1, 0.15) is 5.83 Å². The van der Waals surface area contributed by atoms with Gasteiger partial charge in [0.05, 0.1) is 12.9 Å². The van der Waals surface area contributed by atoms with E-state index < -0.39 is 5.83 Å². The smallest absolute Gasteiger partial charge is 0.251 e. The largest absolute Gasteiger partial charge is 0.501 e. The van der Waals surface area contributed by atoms with Crippen LogP contribution in [0.3, 0.4) is 0 Å². The minimum absolute atomic E-state index is 0.181. The van der Waals surface area contributed by atoms with E-state index in [4.69, 9.17) is 4.74 Å². The van der Waals surface area contributed by atoms with Crippen LogP contribution in [-0.4, -0.2) is 42.1 Å². The lowest BCUT2D eigenvalue weighted by Gasteiger charge is -2.81. The molecule has 5 atom stereocenters. The number of methoxy groups -OCH3 is 1. The predicted octanol–water partition coefficient (Wildman–Crippen LogP) is 4.72. The van der Waals surface area contributed by atoms with Crippen molar-refractivity contribution in [3.8, 4) is 0 Å². The lowest BCUT2D eigenvalue weighted by atomic mass is 9.39. The molecule has 4 nitrogen and oxygen atoms in total. The highest BCUT2D eigenvalue weighted by atomic mass is 19.1. The van der Waals surface area contributed by atoms with Gasteiger partial charge in [-0.2, -0.15) is 0 Å². The molecule has 3 fully saturated rings. The summed E-state index contributed by atoms with van der Waals surface area (Å²) in [5, 5.41) is 3.19. The van der Waals surface area contributed by atoms with E-state index in [-0.39, 0.29) is 17.4 Å². The van der Waals surface area contributed by atoms with Crippen molar-refractivity contribution in [2.75, 3.05) is 7.11 Å². The zero-order valence-corrected chi connectivity index (χ0v) is 18.5. The number of ether oxygens (including phenoxy) is 1. The summed E-state index contributed by atoms with van der Waals surface area (Å²) in [6.07, 6.45) is 12.1. The Labute approximate surface area is 179 Å². The molecule has 0 aromatic carbocycles. The van der Waals surface area contributed by atoms with Crippen LogP contribution in [0.2, 0.25) is 0 Å². The normalized spacial score (nSPS) is 34.1. The Morgan fingerprint density at radius 1 is 1.43 bits per heavy atom. The summed E-state index contributed by atoms with van der Waals surface area (Å²) >= 11 is 0. The van der Waals surface area contributed by atoms with Crippen molar-refractivity contribution in [1.29, 1.82) is 0 Å². The molecule has 1 saturated heterocycles. The SMILES string of the molecule is C=C(F)/C=C(\C=C/C)C(=O)NC1CC2N(C(C)C3=C(C)C=C(OC)CC3)C3CCC132. The second-order valence-corrected chi connectivity index (χ2v) is 9.14. The van der Waals surface area contributed by atoms with Gasteiger partial charge in [0.15, 0.2) is 0 Å². The van der Waals surface area contributed by atoms with Crippen LogP contribution in [0.5, 0.6) is 0 Å². The van der Waals surface area contributed by atoms with Crippen molar-refractivity contribution in [3.05, 3.63) is 59.2 Å². The standard InChI is InChI=1S/C25H33FN2O2/c1-6-7-18(13-16(3)26)24(29)27-21-14-23-25(21)11-10-22(25)28(23)17(4)20-9-8-19(30-5)12-15(20)2/h6-7,12-13,17,21-23H,3,8-11,14H2,1-2,4-5H3,(H,27,29)/b7-6-,18-13+. The Bertz CT molecular complexity index is 876. The lowest BCUT2D eigenvalue weighted by Crippen LogP contribution is -2.90. The van der Waals surface area contributed by atoms with Crippen molar-refractivity contribution >= 4 is 5.91 Å². The average molecular weight is 413 g/mol. The van der Waals surface area contributed by atoms with Gasteiger partial charge in [-0.05, 0) is 69.8 Å². The fourth-order valence-corrected chi connectivity index (χ4v) is 6.35. The van der Waals surface area contributed by atoms with Crippen LogP contribution in [0.25, 0.3) is 0 Å². The van der Waals surface area contributed by atoms with Gasteiger partial charge in [-0.3, -0.25) is 9.69 Å². The number of hydrogen-bond donors (Lipinski definition) is 1. The van der Waals surface area contributed by atoms with Gasteiger partial charge in [-0.15, -0.1) is 0 Å². The summed E-state index contributed by atoms with van der Waals surface area (Å²) in [5.41, 5.74) is 3.39. The van der Waals surface area contributed by atoms with Gasteiger partial charge < -0.3 is 10.1 Å². The number of nitrogens with one attached hydrogen (secondary N) is 1. The third kappa shape index (κ3) is 3.09. The number of carbonyl (C=O) groups excluding carboxylic acids is 1. The highest BCUT2D eigenvalue weighted by Gasteiger charge is 2.76. The number of nitrogens with zero attached hydrogens (tertiary/aromatic N) is 1. The molecule has 1 spiro atoms. The van der Waals surface area contributed by atoms with Gasteiger partial charge >= 0.3 is 0 Å². The Kier molecular flexibility index (Phi) is 5.52. The van der Waals surface area contributed by atoms with E-state index in [2.05, 4.69) is 36.7 Å². The number of rotatable bonds is 7. The second-order valence-electron chi connectivity index (χ2n) is 9.14. The first-order valence-corrected chi connectivity index (χ1v) is 11.0. The van der Waals surface area contributed by atoms with Crippen molar-refractivity contribution in [1.82, 2.24) is 10.2 Å². The summed E-state index contributed by atoms with van der Waals surface area (Å²) in [7, 11) is 1.74. The number of piperidine rings is 2. The number of amides is 1. The number of allylic oxidation sites excluding steroid dienone is 6. The van der Waals surface area contributed by atoms with Crippen LogP contribution < -0.4 is 5.32 Å². The molecule has 0 aromatic rings. The second kappa shape index (κ2) is 7.84. The topological polar surface area (TPSA) is 41.6 Å². The molecule has 3 aliphatic carbocycles. The molecule has 1 amide bonds. The molecule has 1 N–H and O–H groups in total. The van der Waals surface area contributed by atoms with Gasteiger partial charge in [-0.25, -0.2) is 4.39 Å². The summed E-state index contributed by atoms with van der Waals surface area (Å²) in [5.74, 6) is 0.261. The van der Waals surface area contributed by atoms with Crippen molar-refractivity contribution in [2.45, 2.75) is 77.0 Å². The van der Waals surface area contributed by atoms with Gasteiger partial charge in [0.25, 0.3) is 5.91 Å². The third-order valence-electron chi connectivity index (χ3n) is 7.88. The molecule has 4 aliphatic rings. The van der Waals surface area contributed by atoms with E-state index >= 15 is 0 Å². The van der Waals surface area contributed by atoms with Gasteiger partial charge in [-0.1, -0.05) is 18.7 Å². The zero-order chi connectivity index (χ0) is 21.6. The number of carbonyl (C=O) groups is 1. The fourth-order valence-electron chi connectivity index (χ4n) is 6.35. The van der Waals surface area contributed by atoms with Gasteiger partial charge in [0.2, 0.25) is 0 Å². The maximum atomic E-state index is 13.3. The van der Waals surface area contributed by atoms with Crippen LogP contribution in [0.4, 0.5) is 4.39 Å². The van der Waals surface area contributed by atoms with Crippen LogP contribution in [-0.2, 0) is 9.53 Å². The molecule has 162 valence electrons. The summed E-state index contributed by atoms with van der Waals surface area (Å²) in [6.45, 7) is 9.60. The maximum absolute atomic E-state index is 13.3. The first kappa shape index (κ1) is 21.1. The van der Waals surface area contributed by atoms with Crippen LogP contribution >= 0.6 is 0 Å². The number of likely N-dealkylation sites (tertiary alicyclic amines) is 1. The van der Waals surface area contributed by atoms with E-state index in [1.165, 1.54) is 30.1 Å². The quantitative estimate of drug-likeness (QED) is 0.486. The number of halogens is 1. The summed E-state index contributed by atoms with van der Waals surface area (Å²) in [4.78, 5) is 15.4. The molecule has 30 heavy (non-hydrogen) atoms. The molecule has 5 unspecified atom stereocenters. The lowest BCUT2D eigenvalue weighted by molar-refractivity contribution is -0.289. The first-order valence-electron chi connectivity index (χ1n) is 11.0. The van der Waals surface area contributed by atoms with E-state index in [0.29, 0.717) is 23.7 Å². The summed E-state index contributed by atoms with van der Waals surface area (Å²) in [6, 6.07) is 1.68. The summed E-state index contributed by atoms with van der Waals surface area (Å²) < 4.78 is 18.7. The molecule has 1 aliphatic heterocycles. The Balaban J connectivity index is 1.44. The molecule has 0 bridgehead atoms. The van der Waals surface area contributed by atoms with E-state index in [9.17, 15) is 9.18 Å². The van der Waals surface area contributed by atoms with E-state index in [0.717, 1.165) is 25.0 Å². The first-order chi connectivity index (χ1) is 14.3. The Morgan fingerprint density at radius 2 is 2.20 bits per heavy atom. The molecule has 1 heterocycles. The molecule has 4 rings (SSSR count). The third-order valence-corrected chi connectivity index (χ3v) is 7.88. The molecular formula is C25H33FN2O2. The van der Waals surface area contributed by atoms with Crippen LogP contribution in [0.1, 0.15) is 52.9 Å². The highest BCUT2D eigenvalue weighted by Crippen LogP contribution is 2.69. The van der Waals surface area contributed by atoms with E-state index in [1.54, 1.807) is 19.3 Å². The predicted molar refractivity (Wildman–Crippen MR) is 117 cm³/mol. The minimum atomic E-state index is -0.602. The monoisotopic (exact) mass is 412 g/mol. The zero-order valence-electron chi connectivity index (χ0n) is 18.5. The highest BCUT2D eigenvalue weighted by molar-refractivity contribution is 5.97. The molecule has 2 saturated carbocycles. The average Bonchev–Trinajstić information content (AvgIpc) is 2.67. The maximum Gasteiger partial charge on any atom is 0.251 e.